The minimum atomic E-state index is 0. The maximum atomic E-state index is 4.30. The molecule has 0 aromatic carbocycles. The summed E-state index contributed by atoms with van der Waals surface area (Å²) in [6.07, 6.45) is 8.17. The van der Waals surface area contributed by atoms with Crippen LogP contribution in [0.2, 0.25) is 0 Å². The lowest BCUT2D eigenvalue weighted by molar-refractivity contribution is 0.489. The van der Waals surface area contributed by atoms with Crippen molar-refractivity contribution >= 4 is 29.9 Å². The van der Waals surface area contributed by atoms with Gasteiger partial charge in [-0.05, 0) is 12.8 Å². The molecule has 1 aliphatic rings. The van der Waals surface area contributed by atoms with Crippen molar-refractivity contribution in [1.82, 2.24) is 19.8 Å². The van der Waals surface area contributed by atoms with E-state index >= 15 is 0 Å². The van der Waals surface area contributed by atoms with Gasteiger partial charge in [-0.1, -0.05) is 0 Å². The molecule has 1 aromatic rings. The topological polar surface area (TPSA) is 45.5 Å². The number of halogens is 1. The molecule has 0 unspecified atom stereocenters. The Labute approximate surface area is 119 Å². The second-order valence-electron chi connectivity index (χ2n) is 3.97. The van der Waals surface area contributed by atoms with E-state index < -0.39 is 0 Å². The van der Waals surface area contributed by atoms with E-state index in [2.05, 4.69) is 24.8 Å². The molecule has 0 amide bonds. The minimum absolute atomic E-state index is 0. The van der Waals surface area contributed by atoms with Gasteiger partial charge in [-0.15, -0.1) is 24.0 Å². The van der Waals surface area contributed by atoms with Gasteiger partial charge in [0.25, 0.3) is 0 Å². The fourth-order valence-corrected chi connectivity index (χ4v) is 1.98. The number of likely N-dealkylation sites (tertiary alicyclic amines) is 1. The highest BCUT2D eigenvalue weighted by atomic mass is 127. The summed E-state index contributed by atoms with van der Waals surface area (Å²) >= 11 is 0. The number of nitrogens with zero attached hydrogens (tertiary/aromatic N) is 4. The first-order valence-corrected chi connectivity index (χ1v) is 5.81. The monoisotopic (exact) mass is 349 g/mol. The SMILES string of the molecule is CN=C(NCCn1ccnc1)N1CCCC1.I. The lowest BCUT2D eigenvalue weighted by Gasteiger charge is -2.20. The fraction of sp³-hybridized carbons (Fsp3) is 0.636. The molecule has 1 N–H and O–H groups in total. The number of rotatable bonds is 3. The smallest absolute Gasteiger partial charge is 0.193 e. The van der Waals surface area contributed by atoms with Crippen LogP contribution in [0.1, 0.15) is 12.8 Å². The third kappa shape index (κ3) is 4.18. The first kappa shape index (κ1) is 14.3. The molecule has 0 saturated carbocycles. The maximum absolute atomic E-state index is 4.30. The van der Waals surface area contributed by atoms with E-state index in [0.29, 0.717) is 0 Å². The van der Waals surface area contributed by atoms with Crippen LogP contribution >= 0.6 is 24.0 Å². The van der Waals surface area contributed by atoms with E-state index in [1.807, 2.05) is 19.6 Å². The highest BCUT2D eigenvalue weighted by molar-refractivity contribution is 14.0. The molecular weight excluding hydrogens is 329 g/mol. The average molecular weight is 349 g/mol. The molecule has 0 aliphatic carbocycles. The molecule has 17 heavy (non-hydrogen) atoms. The first-order valence-electron chi connectivity index (χ1n) is 5.81. The normalized spacial score (nSPS) is 15.8. The lowest BCUT2D eigenvalue weighted by Crippen LogP contribution is -2.40. The molecule has 1 aliphatic heterocycles. The summed E-state index contributed by atoms with van der Waals surface area (Å²) in [7, 11) is 1.85. The Bertz CT molecular complexity index is 330. The molecule has 5 nitrogen and oxygen atoms in total. The van der Waals surface area contributed by atoms with Gasteiger partial charge in [0.1, 0.15) is 0 Å². The zero-order chi connectivity index (χ0) is 11.2. The zero-order valence-corrected chi connectivity index (χ0v) is 12.5. The second-order valence-corrected chi connectivity index (χ2v) is 3.97. The molecule has 96 valence electrons. The summed E-state index contributed by atoms with van der Waals surface area (Å²) in [6, 6.07) is 0. The van der Waals surface area contributed by atoms with Crippen molar-refractivity contribution in [2.75, 3.05) is 26.7 Å². The zero-order valence-electron chi connectivity index (χ0n) is 10.2. The Morgan fingerprint density at radius 1 is 1.41 bits per heavy atom. The van der Waals surface area contributed by atoms with Crippen molar-refractivity contribution in [2.24, 2.45) is 4.99 Å². The maximum Gasteiger partial charge on any atom is 0.193 e. The van der Waals surface area contributed by atoms with Crippen LogP contribution in [0.25, 0.3) is 0 Å². The molecule has 1 aromatic heterocycles. The van der Waals surface area contributed by atoms with Gasteiger partial charge in [0.05, 0.1) is 6.33 Å². The van der Waals surface area contributed by atoms with Gasteiger partial charge >= 0.3 is 0 Å². The van der Waals surface area contributed by atoms with Crippen LogP contribution in [0.3, 0.4) is 0 Å². The summed E-state index contributed by atoms with van der Waals surface area (Å²) in [5.41, 5.74) is 0. The number of hydrogen-bond donors (Lipinski definition) is 1. The van der Waals surface area contributed by atoms with E-state index in [0.717, 1.165) is 32.1 Å². The van der Waals surface area contributed by atoms with Crippen LogP contribution in [0.15, 0.2) is 23.7 Å². The van der Waals surface area contributed by atoms with E-state index in [1.165, 1.54) is 12.8 Å². The van der Waals surface area contributed by atoms with Gasteiger partial charge in [-0.2, -0.15) is 0 Å². The number of nitrogens with one attached hydrogen (secondary N) is 1. The Kier molecular flexibility index (Phi) is 6.31. The van der Waals surface area contributed by atoms with Crippen LogP contribution in [0.4, 0.5) is 0 Å². The number of hydrogen-bond acceptors (Lipinski definition) is 2. The Hall–Kier alpha value is -0.790. The molecule has 0 spiro atoms. The first-order chi connectivity index (χ1) is 7.90. The van der Waals surface area contributed by atoms with Crippen LogP contribution in [0, 0.1) is 0 Å². The fourth-order valence-electron chi connectivity index (χ4n) is 1.98. The van der Waals surface area contributed by atoms with Crippen molar-refractivity contribution in [3.05, 3.63) is 18.7 Å². The number of aliphatic imine (C=N–C) groups is 1. The Morgan fingerprint density at radius 2 is 2.18 bits per heavy atom. The van der Waals surface area contributed by atoms with Gasteiger partial charge < -0.3 is 14.8 Å². The summed E-state index contributed by atoms with van der Waals surface area (Å²) in [6.45, 7) is 4.07. The van der Waals surface area contributed by atoms with Crippen molar-refractivity contribution in [3.8, 4) is 0 Å². The van der Waals surface area contributed by atoms with Gasteiger partial charge in [-0.25, -0.2) is 4.98 Å². The van der Waals surface area contributed by atoms with Gasteiger partial charge in [0.15, 0.2) is 5.96 Å². The van der Waals surface area contributed by atoms with Gasteiger partial charge in [0.2, 0.25) is 0 Å². The molecule has 0 atom stereocenters. The van der Waals surface area contributed by atoms with Crippen LogP contribution in [0.5, 0.6) is 0 Å². The predicted molar refractivity (Wildman–Crippen MR) is 79.8 cm³/mol. The molecule has 1 saturated heterocycles. The quantitative estimate of drug-likeness (QED) is 0.506. The van der Waals surface area contributed by atoms with Crippen molar-refractivity contribution in [2.45, 2.75) is 19.4 Å². The summed E-state index contributed by atoms with van der Waals surface area (Å²) < 4.78 is 2.06. The molecule has 1 fully saturated rings. The summed E-state index contributed by atoms with van der Waals surface area (Å²) in [4.78, 5) is 10.6. The van der Waals surface area contributed by atoms with E-state index in [-0.39, 0.29) is 24.0 Å². The van der Waals surface area contributed by atoms with Crippen LogP contribution in [-0.2, 0) is 6.54 Å². The van der Waals surface area contributed by atoms with Crippen molar-refractivity contribution in [1.29, 1.82) is 0 Å². The largest absolute Gasteiger partial charge is 0.354 e. The lowest BCUT2D eigenvalue weighted by atomic mass is 10.4. The van der Waals surface area contributed by atoms with E-state index in [4.69, 9.17) is 0 Å². The number of aromatic nitrogens is 2. The number of guanidine groups is 1. The third-order valence-corrected chi connectivity index (χ3v) is 2.83. The highest BCUT2D eigenvalue weighted by Crippen LogP contribution is 2.06. The Balaban J connectivity index is 0.00000144. The highest BCUT2D eigenvalue weighted by Gasteiger charge is 2.14. The predicted octanol–water partition coefficient (Wildman–Crippen LogP) is 1.17. The molecule has 6 heteroatoms. The summed E-state index contributed by atoms with van der Waals surface area (Å²) in [5.74, 6) is 1.03. The van der Waals surface area contributed by atoms with Gasteiger partial charge in [-0.3, -0.25) is 4.99 Å². The standard InChI is InChI=1S/C11H19N5.HI/c1-12-11(16-6-2-3-7-16)14-5-9-15-8-4-13-10-15;/h4,8,10H,2-3,5-7,9H2,1H3,(H,12,14);1H. The van der Waals surface area contributed by atoms with E-state index in [9.17, 15) is 0 Å². The van der Waals surface area contributed by atoms with Gasteiger partial charge in [0, 0.05) is 45.6 Å². The van der Waals surface area contributed by atoms with E-state index in [1.54, 1.807) is 6.20 Å². The summed E-state index contributed by atoms with van der Waals surface area (Å²) in [5, 5.41) is 3.38. The van der Waals surface area contributed by atoms with Crippen molar-refractivity contribution < 1.29 is 0 Å². The number of imidazole rings is 1. The van der Waals surface area contributed by atoms with Crippen LogP contribution < -0.4 is 5.32 Å². The minimum Gasteiger partial charge on any atom is -0.354 e. The molecule has 0 bridgehead atoms. The molecule has 2 rings (SSSR count). The molecular formula is C11H20IN5. The second kappa shape index (κ2) is 7.52. The average Bonchev–Trinajstić information content (AvgIpc) is 2.96. The molecule has 0 radical (unpaired) electrons. The van der Waals surface area contributed by atoms with Crippen molar-refractivity contribution in [3.63, 3.8) is 0 Å². The third-order valence-electron chi connectivity index (χ3n) is 2.83. The molecule has 2 heterocycles. The Morgan fingerprint density at radius 3 is 2.76 bits per heavy atom. The van der Waals surface area contributed by atoms with Crippen LogP contribution in [-0.4, -0.2) is 47.1 Å².